The zero-order valence-electron chi connectivity index (χ0n) is 7.53. The highest BCUT2D eigenvalue weighted by atomic mass is 32.1. The number of rotatable bonds is 2. The monoisotopic (exact) mass is 194 g/mol. The highest BCUT2D eigenvalue weighted by Gasteiger charge is 2.13. The number of hydrogen-bond donors (Lipinski definition) is 0. The molecule has 1 atom stereocenters. The highest BCUT2D eigenvalue weighted by molar-refractivity contribution is 7.12. The SMILES string of the molecule is C#CC(C)OC(=O)c1sccc1C. The fourth-order valence-electron chi connectivity index (χ4n) is 0.830. The van der Waals surface area contributed by atoms with E-state index in [1.807, 2.05) is 18.4 Å². The first-order chi connectivity index (χ1) is 6.15. The lowest BCUT2D eigenvalue weighted by molar-refractivity contribution is 0.0444. The minimum Gasteiger partial charge on any atom is -0.445 e. The summed E-state index contributed by atoms with van der Waals surface area (Å²) >= 11 is 1.37. The molecule has 1 aromatic rings. The van der Waals surface area contributed by atoms with Crippen molar-refractivity contribution in [3.8, 4) is 12.3 Å². The van der Waals surface area contributed by atoms with Crippen molar-refractivity contribution in [3.63, 3.8) is 0 Å². The maximum Gasteiger partial charge on any atom is 0.349 e. The summed E-state index contributed by atoms with van der Waals surface area (Å²) in [6, 6.07) is 1.88. The van der Waals surface area contributed by atoms with Crippen molar-refractivity contribution >= 4 is 17.3 Å². The second-order valence-corrected chi connectivity index (χ2v) is 3.56. The van der Waals surface area contributed by atoms with Gasteiger partial charge >= 0.3 is 5.97 Å². The summed E-state index contributed by atoms with van der Waals surface area (Å²) in [7, 11) is 0. The van der Waals surface area contributed by atoms with Crippen LogP contribution in [0.2, 0.25) is 0 Å². The topological polar surface area (TPSA) is 26.3 Å². The molecule has 0 radical (unpaired) electrons. The van der Waals surface area contributed by atoms with Gasteiger partial charge in [0.25, 0.3) is 0 Å². The molecule has 1 heterocycles. The first-order valence-electron chi connectivity index (χ1n) is 3.86. The van der Waals surface area contributed by atoms with Gasteiger partial charge in [-0.05, 0) is 30.9 Å². The van der Waals surface area contributed by atoms with Gasteiger partial charge in [0.15, 0.2) is 6.10 Å². The van der Waals surface area contributed by atoms with Gasteiger partial charge in [-0.15, -0.1) is 17.8 Å². The highest BCUT2D eigenvalue weighted by Crippen LogP contribution is 2.17. The van der Waals surface area contributed by atoms with Crippen LogP contribution in [0.4, 0.5) is 0 Å². The minimum atomic E-state index is -0.464. The van der Waals surface area contributed by atoms with Crippen molar-refractivity contribution in [1.29, 1.82) is 0 Å². The van der Waals surface area contributed by atoms with E-state index in [4.69, 9.17) is 11.2 Å². The van der Waals surface area contributed by atoms with Crippen LogP contribution in [0.25, 0.3) is 0 Å². The van der Waals surface area contributed by atoms with Crippen molar-refractivity contribution < 1.29 is 9.53 Å². The van der Waals surface area contributed by atoms with Gasteiger partial charge in [0.2, 0.25) is 0 Å². The molecule has 0 amide bonds. The van der Waals surface area contributed by atoms with Crippen LogP contribution in [0, 0.1) is 19.3 Å². The Kier molecular flexibility index (Phi) is 3.10. The third kappa shape index (κ3) is 2.33. The normalized spacial score (nSPS) is 11.8. The van der Waals surface area contributed by atoms with Gasteiger partial charge in [-0.2, -0.15) is 0 Å². The molecule has 0 aromatic carbocycles. The van der Waals surface area contributed by atoms with Gasteiger partial charge in [0.05, 0.1) is 0 Å². The second kappa shape index (κ2) is 4.11. The third-order valence-corrected chi connectivity index (χ3v) is 2.56. The van der Waals surface area contributed by atoms with Crippen LogP contribution in [0.15, 0.2) is 11.4 Å². The van der Waals surface area contributed by atoms with Gasteiger partial charge in [-0.3, -0.25) is 0 Å². The van der Waals surface area contributed by atoms with Gasteiger partial charge < -0.3 is 4.74 Å². The molecule has 1 aromatic heterocycles. The molecule has 0 fully saturated rings. The van der Waals surface area contributed by atoms with Crippen LogP contribution in [0.5, 0.6) is 0 Å². The van der Waals surface area contributed by atoms with Crippen LogP contribution in [-0.4, -0.2) is 12.1 Å². The number of aryl methyl sites for hydroxylation is 1. The molecule has 0 spiro atoms. The molecule has 13 heavy (non-hydrogen) atoms. The molecule has 0 bridgehead atoms. The van der Waals surface area contributed by atoms with Crippen LogP contribution in [0.3, 0.4) is 0 Å². The zero-order chi connectivity index (χ0) is 9.84. The number of ether oxygens (including phenoxy) is 1. The number of carbonyl (C=O) groups excluding carboxylic acids is 1. The first kappa shape index (κ1) is 9.82. The van der Waals surface area contributed by atoms with E-state index in [1.54, 1.807) is 6.92 Å². The number of terminal acetylenes is 1. The van der Waals surface area contributed by atoms with Crippen LogP contribution >= 0.6 is 11.3 Å². The Balaban J connectivity index is 2.71. The van der Waals surface area contributed by atoms with Gasteiger partial charge in [-0.1, -0.05) is 5.92 Å². The molecule has 0 saturated carbocycles. The van der Waals surface area contributed by atoms with E-state index < -0.39 is 6.10 Å². The average molecular weight is 194 g/mol. The van der Waals surface area contributed by atoms with Crippen molar-refractivity contribution in [2.45, 2.75) is 20.0 Å². The Morgan fingerprint density at radius 3 is 2.92 bits per heavy atom. The van der Waals surface area contributed by atoms with Crippen LogP contribution in [0.1, 0.15) is 22.2 Å². The summed E-state index contributed by atoms with van der Waals surface area (Å²) in [6.07, 6.45) is 4.62. The smallest absolute Gasteiger partial charge is 0.349 e. The van der Waals surface area contributed by atoms with Crippen molar-refractivity contribution in [3.05, 3.63) is 21.9 Å². The predicted octanol–water partition coefficient (Wildman–Crippen LogP) is 2.24. The fraction of sp³-hybridized carbons (Fsp3) is 0.300. The standard InChI is InChI=1S/C10H10O2S/c1-4-8(3)12-10(11)9-7(2)5-6-13-9/h1,5-6,8H,2-3H3. The lowest BCUT2D eigenvalue weighted by Crippen LogP contribution is -2.12. The first-order valence-corrected chi connectivity index (χ1v) is 4.74. The molecule has 2 nitrogen and oxygen atoms in total. The predicted molar refractivity (Wildman–Crippen MR) is 52.8 cm³/mol. The molecular weight excluding hydrogens is 184 g/mol. The number of carbonyl (C=O) groups is 1. The number of hydrogen-bond acceptors (Lipinski definition) is 3. The quantitative estimate of drug-likeness (QED) is 0.533. The minimum absolute atomic E-state index is 0.335. The van der Waals surface area contributed by atoms with E-state index in [0.717, 1.165) is 5.56 Å². The maximum absolute atomic E-state index is 11.4. The number of esters is 1. The zero-order valence-corrected chi connectivity index (χ0v) is 8.35. The lowest BCUT2D eigenvalue weighted by Gasteiger charge is -2.05. The molecule has 1 rings (SSSR count). The molecule has 0 N–H and O–H groups in total. The summed E-state index contributed by atoms with van der Waals surface area (Å²) in [6.45, 7) is 3.54. The molecule has 0 saturated heterocycles. The Hall–Kier alpha value is -1.27. The largest absolute Gasteiger partial charge is 0.445 e. The number of thiophene rings is 1. The van der Waals surface area contributed by atoms with E-state index >= 15 is 0 Å². The van der Waals surface area contributed by atoms with Crippen LogP contribution < -0.4 is 0 Å². The van der Waals surface area contributed by atoms with E-state index in [2.05, 4.69) is 5.92 Å². The molecule has 0 aliphatic carbocycles. The summed E-state index contributed by atoms with van der Waals surface area (Å²) in [4.78, 5) is 12.0. The second-order valence-electron chi connectivity index (χ2n) is 2.65. The van der Waals surface area contributed by atoms with Crippen LogP contribution in [-0.2, 0) is 4.74 Å². The molecule has 3 heteroatoms. The van der Waals surface area contributed by atoms with E-state index in [9.17, 15) is 4.79 Å². The maximum atomic E-state index is 11.4. The van der Waals surface area contributed by atoms with Crippen molar-refractivity contribution in [2.24, 2.45) is 0 Å². The molecule has 0 aliphatic rings. The van der Waals surface area contributed by atoms with Crippen molar-refractivity contribution in [1.82, 2.24) is 0 Å². The van der Waals surface area contributed by atoms with Crippen molar-refractivity contribution in [2.75, 3.05) is 0 Å². The van der Waals surface area contributed by atoms with E-state index in [0.29, 0.717) is 4.88 Å². The molecule has 1 unspecified atom stereocenters. The van der Waals surface area contributed by atoms with Gasteiger partial charge in [-0.25, -0.2) is 4.79 Å². The summed E-state index contributed by atoms with van der Waals surface area (Å²) in [5, 5.41) is 1.85. The Labute approximate surface area is 81.5 Å². The third-order valence-electron chi connectivity index (χ3n) is 1.57. The average Bonchev–Trinajstić information content (AvgIpc) is 2.51. The van der Waals surface area contributed by atoms with Gasteiger partial charge in [0, 0.05) is 0 Å². The summed E-state index contributed by atoms with van der Waals surface area (Å²) < 4.78 is 4.96. The molecular formula is C10H10O2S. The summed E-state index contributed by atoms with van der Waals surface area (Å²) in [5.41, 5.74) is 0.930. The Morgan fingerprint density at radius 2 is 2.46 bits per heavy atom. The fourth-order valence-corrected chi connectivity index (χ4v) is 1.64. The molecule has 0 aliphatic heterocycles. The molecule has 68 valence electrons. The lowest BCUT2D eigenvalue weighted by atomic mass is 10.3. The van der Waals surface area contributed by atoms with Gasteiger partial charge in [0.1, 0.15) is 4.88 Å². The Bertz CT molecular complexity index is 346. The summed E-state index contributed by atoms with van der Waals surface area (Å²) in [5.74, 6) is 2.00. The van der Waals surface area contributed by atoms with E-state index in [1.165, 1.54) is 11.3 Å². The van der Waals surface area contributed by atoms with E-state index in [-0.39, 0.29) is 5.97 Å². The Morgan fingerprint density at radius 1 is 1.77 bits per heavy atom.